The van der Waals surface area contributed by atoms with Crippen LogP contribution in [0.25, 0.3) is 5.70 Å². The van der Waals surface area contributed by atoms with E-state index in [4.69, 9.17) is 5.84 Å². The molecule has 3 N–H and O–H groups in total. The van der Waals surface area contributed by atoms with Gasteiger partial charge in [-0.3, -0.25) is 0 Å². The van der Waals surface area contributed by atoms with Crippen LogP contribution in [-0.4, -0.2) is 19.6 Å². The third kappa shape index (κ3) is 1.64. The number of hydrogen-bond acceptors (Lipinski definition) is 7. The lowest BCUT2D eigenvalue weighted by atomic mass is 10.4. The predicted octanol–water partition coefficient (Wildman–Crippen LogP) is 0.452. The first kappa shape index (κ1) is 10.9. The number of hydrogen-bond donors (Lipinski definition) is 2. The van der Waals surface area contributed by atoms with Gasteiger partial charge in [0, 0.05) is 5.41 Å². The van der Waals surface area contributed by atoms with E-state index in [0.29, 0.717) is 18.1 Å². The van der Waals surface area contributed by atoms with E-state index in [2.05, 4.69) is 9.82 Å². The summed E-state index contributed by atoms with van der Waals surface area (Å²) < 4.78 is 1.50. The van der Waals surface area contributed by atoms with E-state index in [1.54, 1.807) is 5.41 Å². The standard InChI is InChI=1S/C7H10N6O2S/c1-2-11-6(13(14)15)3-9-7(11)5-4-16-10-12(5)8/h3-4,10H,2,8H2,1H3. The number of nitrogens with two attached hydrogens (primary N) is 1. The van der Waals surface area contributed by atoms with Crippen molar-refractivity contribution in [3.63, 3.8) is 0 Å². The van der Waals surface area contributed by atoms with Gasteiger partial charge in [-0.25, -0.2) is 20.5 Å². The molecular weight excluding hydrogens is 232 g/mol. The predicted molar refractivity (Wildman–Crippen MR) is 59.3 cm³/mol. The summed E-state index contributed by atoms with van der Waals surface area (Å²) in [4.78, 5) is 17.1. The van der Waals surface area contributed by atoms with Gasteiger partial charge < -0.3 is 10.1 Å². The van der Waals surface area contributed by atoms with Gasteiger partial charge in [-0.15, -0.1) is 0 Å². The molecule has 0 aromatic carbocycles. The molecule has 0 unspecified atom stereocenters. The van der Waals surface area contributed by atoms with Crippen molar-refractivity contribution in [2.45, 2.75) is 13.5 Å². The van der Waals surface area contributed by atoms with Crippen LogP contribution in [0.5, 0.6) is 0 Å². The molecule has 8 nitrogen and oxygen atoms in total. The number of imidazole rings is 1. The molecular formula is C7H10N6O2S. The molecule has 0 aliphatic carbocycles. The molecule has 0 saturated carbocycles. The quantitative estimate of drug-likeness (QED) is 0.343. The Bertz CT molecular complexity index is 456. The Hall–Kier alpha value is -1.58. The summed E-state index contributed by atoms with van der Waals surface area (Å²) in [6, 6.07) is 0. The molecule has 1 aromatic rings. The van der Waals surface area contributed by atoms with Crippen LogP contribution in [0.3, 0.4) is 0 Å². The molecule has 1 aromatic heterocycles. The molecule has 0 spiro atoms. The van der Waals surface area contributed by atoms with Crippen LogP contribution in [-0.2, 0) is 6.54 Å². The highest BCUT2D eigenvalue weighted by molar-refractivity contribution is 8.00. The van der Waals surface area contributed by atoms with Crippen LogP contribution in [0, 0.1) is 10.1 Å². The summed E-state index contributed by atoms with van der Waals surface area (Å²) in [6.45, 7) is 2.27. The summed E-state index contributed by atoms with van der Waals surface area (Å²) >= 11 is 1.29. The van der Waals surface area contributed by atoms with Crippen LogP contribution in [0.1, 0.15) is 12.7 Å². The van der Waals surface area contributed by atoms with Gasteiger partial charge in [-0.2, -0.15) is 4.83 Å². The van der Waals surface area contributed by atoms with Crippen molar-refractivity contribution in [2.24, 2.45) is 5.84 Å². The lowest BCUT2D eigenvalue weighted by Gasteiger charge is -2.12. The van der Waals surface area contributed by atoms with Crippen LogP contribution >= 0.6 is 11.9 Å². The molecule has 0 atom stereocenters. The first-order chi connectivity index (χ1) is 7.65. The second kappa shape index (κ2) is 4.12. The number of nitrogens with one attached hydrogen (secondary N) is 1. The Morgan fingerprint density at radius 2 is 2.50 bits per heavy atom. The Morgan fingerprint density at radius 1 is 1.75 bits per heavy atom. The number of rotatable bonds is 3. The van der Waals surface area contributed by atoms with Crippen molar-refractivity contribution in [1.82, 2.24) is 19.5 Å². The average Bonchev–Trinajstić information content (AvgIpc) is 2.82. The Balaban J connectivity index is 2.46. The molecule has 0 saturated heterocycles. The van der Waals surface area contributed by atoms with E-state index in [1.807, 2.05) is 6.92 Å². The fourth-order valence-corrected chi connectivity index (χ4v) is 2.03. The summed E-state index contributed by atoms with van der Waals surface area (Å²) in [5.74, 6) is 6.07. The maximum Gasteiger partial charge on any atom is 0.343 e. The molecule has 0 amide bonds. The van der Waals surface area contributed by atoms with Crippen molar-refractivity contribution in [3.8, 4) is 0 Å². The van der Waals surface area contributed by atoms with Gasteiger partial charge >= 0.3 is 5.82 Å². The number of nitro groups is 1. The van der Waals surface area contributed by atoms with Gasteiger partial charge in [0.05, 0.1) is 6.54 Å². The summed E-state index contributed by atoms with van der Waals surface area (Å²) in [7, 11) is 0. The topological polar surface area (TPSA) is 102 Å². The molecule has 0 bridgehead atoms. The van der Waals surface area contributed by atoms with Gasteiger partial charge in [-0.05, 0) is 23.8 Å². The SMILES string of the molecule is CCn1c([N+](=O)[O-])cnc1C1=CSNN1N. The maximum atomic E-state index is 10.7. The van der Waals surface area contributed by atoms with E-state index < -0.39 is 4.92 Å². The molecule has 1 aliphatic heterocycles. The second-order valence-electron chi connectivity index (χ2n) is 3.02. The second-order valence-corrected chi connectivity index (χ2v) is 3.68. The van der Waals surface area contributed by atoms with Crippen molar-refractivity contribution in [3.05, 3.63) is 27.5 Å². The summed E-state index contributed by atoms with van der Waals surface area (Å²) in [5.41, 5.74) is 0.611. The van der Waals surface area contributed by atoms with Crippen molar-refractivity contribution in [1.29, 1.82) is 0 Å². The normalized spacial score (nSPS) is 15.4. The van der Waals surface area contributed by atoms with Crippen molar-refractivity contribution >= 4 is 23.5 Å². The van der Waals surface area contributed by atoms with Gasteiger partial charge in [0.1, 0.15) is 11.9 Å². The van der Waals surface area contributed by atoms with E-state index >= 15 is 0 Å². The Kier molecular flexibility index (Phi) is 2.81. The van der Waals surface area contributed by atoms with Gasteiger partial charge in [0.2, 0.25) is 5.82 Å². The zero-order chi connectivity index (χ0) is 11.7. The molecule has 9 heteroatoms. The molecule has 0 radical (unpaired) electrons. The number of hydrazine groups is 2. The maximum absolute atomic E-state index is 10.7. The van der Waals surface area contributed by atoms with Crippen LogP contribution in [0.15, 0.2) is 11.6 Å². The highest BCUT2D eigenvalue weighted by Crippen LogP contribution is 2.26. The molecule has 1 aliphatic rings. The van der Waals surface area contributed by atoms with Crippen molar-refractivity contribution < 1.29 is 4.92 Å². The van der Waals surface area contributed by atoms with E-state index in [9.17, 15) is 10.1 Å². The van der Waals surface area contributed by atoms with Crippen molar-refractivity contribution in [2.75, 3.05) is 0 Å². The highest BCUT2D eigenvalue weighted by atomic mass is 32.2. The largest absolute Gasteiger partial charge is 0.358 e. The minimum absolute atomic E-state index is 0.0382. The lowest BCUT2D eigenvalue weighted by Crippen LogP contribution is -2.35. The average molecular weight is 242 g/mol. The zero-order valence-electron chi connectivity index (χ0n) is 8.45. The van der Waals surface area contributed by atoms with E-state index in [0.717, 1.165) is 0 Å². The van der Waals surface area contributed by atoms with E-state index in [-0.39, 0.29) is 5.82 Å². The third-order valence-electron chi connectivity index (χ3n) is 2.15. The molecule has 86 valence electrons. The number of aromatic nitrogens is 2. The van der Waals surface area contributed by atoms with Crippen LogP contribution in [0.2, 0.25) is 0 Å². The fraction of sp³-hybridized carbons (Fsp3) is 0.286. The number of nitrogens with zero attached hydrogens (tertiary/aromatic N) is 4. The van der Waals surface area contributed by atoms with Crippen LogP contribution in [0.4, 0.5) is 5.82 Å². The highest BCUT2D eigenvalue weighted by Gasteiger charge is 2.26. The summed E-state index contributed by atoms with van der Waals surface area (Å²) in [5, 5.41) is 13.8. The first-order valence-corrected chi connectivity index (χ1v) is 5.39. The zero-order valence-corrected chi connectivity index (χ0v) is 9.27. The smallest absolute Gasteiger partial charge is 0.343 e. The van der Waals surface area contributed by atoms with E-state index in [1.165, 1.54) is 27.8 Å². The molecule has 2 rings (SSSR count). The Morgan fingerprint density at radius 3 is 3.00 bits per heavy atom. The monoisotopic (exact) mass is 242 g/mol. The third-order valence-corrected chi connectivity index (χ3v) is 2.79. The minimum Gasteiger partial charge on any atom is -0.358 e. The van der Waals surface area contributed by atoms with Gasteiger partial charge in [0.15, 0.2) is 0 Å². The first-order valence-electron chi connectivity index (χ1n) is 4.51. The van der Waals surface area contributed by atoms with Crippen LogP contribution < -0.4 is 10.7 Å². The fourth-order valence-electron chi connectivity index (χ4n) is 1.43. The van der Waals surface area contributed by atoms with Gasteiger partial charge in [0.25, 0.3) is 0 Å². The molecule has 0 fully saturated rings. The lowest BCUT2D eigenvalue weighted by molar-refractivity contribution is -0.392. The Labute approximate surface area is 95.3 Å². The molecule has 16 heavy (non-hydrogen) atoms. The molecule has 2 heterocycles. The van der Waals surface area contributed by atoms with Gasteiger partial charge in [-0.1, -0.05) is 0 Å². The summed E-state index contributed by atoms with van der Waals surface area (Å²) in [6.07, 6.45) is 1.23. The minimum atomic E-state index is -0.461.